The molecule has 1 amide bonds. The third-order valence-corrected chi connectivity index (χ3v) is 6.04. The van der Waals surface area contributed by atoms with Gasteiger partial charge >= 0.3 is 5.97 Å². The fourth-order valence-electron chi connectivity index (χ4n) is 3.07. The predicted molar refractivity (Wildman–Crippen MR) is 121 cm³/mol. The topological polar surface area (TPSA) is 70.8 Å². The maximum absolute atomic E-state index is 13.0. The molecule has 5 nitrogen and oxygen atoms in total. The molecular weight excluding hydrogens is 442 g/mol. The summed E-state index contributed by atoms with van der Waals surface area (Å²) in [5.74, 6) is -0.527. The van der Waals surface area contributed by atoms with Crippen molar-refractivity contribution in [1.29, 1.82) is 0 Å². The predicted octanol–water partition coefficient (Wildman–Crippen LogP) is 5.63. The van der Waals surface area contributed by atoms with E-state index in [-0.39, 0.29) is 4.32 Å². The van der Waals surface area contributed by atoms with Crippen LogP contribution in [0.15, 0.2) is 76.1 Å². The van der Waals surface area contributed by atoms with Crippen molar-refractivity contribution >= 4 is 57.9 Å². The second-order valence-corrected chi connectivity index (χ2v) is 8.52. The number of furan rings is 1. The van der Waals surface area contributed by atoms with Gasteiger partial charge in [-0.1, -0.05) is 65.9 Å². The number of benzene rings is 2. The quantitative estimate of drug-likeness (QED) is 0.397. The zero-order chi connectivity index (χ0) is 21.3. The van der Waals surface area contributed by atoms with Crippen molar-refractivity contribution < 1.29 is 19.1 Å². The van der Waals surface area contributed by atoms with Gasteiger partial charge in [0.25, 0.3) is 5.91 Å². The third-order valence-electron chi connectivity index (χ3n) is 4.46. The molecule has 1 atom stereocenters. The number of hydrogen-bond donors (Lipinski definition) is 1. The van der Waals surface area contributed by atoms with Crippen LogP contribution < -0.4 is 0 Å². The highest BCUT2D eigenvalue weighted by Crippen LogP contribution is 2.38. The van der Waals surface area contributed by atoms with Gasteiger partial charge in [0.1, 0.15) is 15.8 Å². The molecule has 4 rings (SSSR count). The van der Waals surface area contributed by atoms with Crippen LogP contribution in [0.1, 0.15) is 17.4 Å². The SMILES string of the molecule is O=C(O)C(c1ccccc1)N1C(=O)C(=Cc2ccc(-c3ccc(Cl)cc3)o2)SC1=S. The summed E-state index contributed by atoms with van der Waals surface area (Å²) in [6, 6.07) is 18.1. The number of hydrogen-bond acceptors (Lipinski definition) is 5. The Morgan fingerprint density at radius 3 is 2.47 bits per heavy atom. The fraction of sp³-hybridized carbons (Fsp3) is 0.0455. The molecule has 1 unspecified atom stereocenters. The largest absolute Gasteiger partial charge is 0.479 e. The van der Waals surface area contributed by atoms with Gasteiger partial charge in [0.2, 0.25) is 0 Å². The van der Waals surface area contributed by atoms with Crippen molar-refractivity contribution in [2.75, 3.05) is 0 Å². The van der Waals surface area contributed by atoms with Crippen LogP contribution in [0.3, 0.4) is 0 Å². The summed E-state index contributed by atoms with van der Waals surface area (Å²) >= 11 is 12.3. The minimum absolute atomic E-state index is 0.187. The molecule has 150 valence electrons. The van der Waals surface area contributed by atoms with E-state index in [4.69, 9.17) is 28.2 Å². The number of carboxylic acids is 1. The number of amides is 1. The Labute approximate surface area is 186 Å². The maximum atomic E-state index is 13.0. The fourth-order valence-corrected chi connectivity index (χ4v) is 4.49. The first-order valence-corrected chi connectivity index (χ1v) is 10.4. The van der Waals surface area contributed by atoms with E-state index in [0.717, 1.165) is 22.2 Å². The number of carboxylic acid groups (broad SMARTS) is 1. The number of carbonyl (C=O) groups is 2. The van der Waals surface area contributed by atoms with Crippen molar-refractivity contribution in [3.05, 3.63) is 88.0 Å². The Kier molecular flexibility index (Phi) is 5.76. The van der Waals surface area contributed by atoms with E-state index in [1.54, 1.807) is 60.7 Å². The van der Waals surface area contributed by atoms with Crippen molar-refractivity contribution in [2.24, 2.45) is 0 Å². The molecule has 1 aromatic heterocycles. The molecule has 1 aliphatic rings. The van der Waals surface area contributed by atoms with Crippen LogP contribution in [-0.2, 0) is 9.59 Å². The van der Waals surface area contributed by atoms with Crippen LogP contribution in [0, 0.1) is 0 Å². The number of rotatable bonds is 5. The van der Waals surface area contributed by atoms with E-state index in [1.807, 2.05) is 12.1 Å². The Balaban J connectivity index is 1.62. The highest BCUT2D eigenvalue weighted by atomic mass is 35.5. The standard InChI is InChI=1S/C22H14ClNO4S2/c23-15-8-6-13(7-9-15)17-11-10-16(28-17)12-18-20(25)24(22(29)30-18)19(21(26)27)14-4-2-1-3-5-14/h1-12,19H,(H,26,27). The number of aliphatic carboxylic acids is 1. The summed E-state index contributed by atoms with van der Waals surface area (Å²) in [5, 5.41) is 10.4. The summed E-state index contributed by atoms with van der Waals surface area (Å²) in [5.41, 5.74) is 1.33. The zero-order valence-electron chi connectivity index (χ0n) is 15.3. The van der Waals surface area contributed by atoms with Crippen molar-refractivity contribution in [1.82, 2.24) is 4.90 Å². The first-order chi connectivity index (χ1) is 14.4. The normalized spacial score (nSPS) is 16.3. The molecule has 0 spiro atoms. The molecule has 0 radical (unpaired) electrons. The molecule has 1 fully saturated rings. The monoisotopic (exact) mass is 455 g/mol. The average Bonchev–Trinajstić information content (AvgIpc) is 3.30. The Hall–Kier alpha value is -2.87. The van der Waals surface area contributed by atoms with Gasteiger partial charge in [-0.15, -0.1) is 0 Å². The van der Waals surface area contributed by atoms with Crippen molar-refractivity contribution in [3.8, 4) is 11.3 Å². The minimum Gasteiger partial charge on any atom is -0.479 e. The molecule has 1 N–H and O–H groups in total. The molecule has 2 heterocycles. The molecule has 0 saturated carbocycles. The molecule has 8 heteroatoms. The number of carbonyl (C=O) groups excluding carboxylic acids is 1. The third kappa shape index (κ3) is 4.05. The van der Waals surface area contributed by atoms with Gasteiger partial charge in [-0.25, -0.2) is 4.79 Å². The Morgan fingerprint density at radius 1 is 1.10 bits per heavy atom. The second kappa shape index (κ2) is 8.47. The number of halogens is 1. The lowest BCUT2D eigenvalue weighted by atomic mass is 10.1. The molecule has 0 bridgehead atoms. The van der Waals surface area contributed by atoms with Gasteiger partial charge < -0.3 is 9.52 Å². The summed E-state index contributed by atoms with van der Waals surface area (Å²) < 4.78 is 6.01. The Morgan fingerprint density at radius 2 is 1.80 bits per heavy atom. The molecule has 2 aromatic carbocycles. The lowest BCUT2D eigenvalue weighted by molar-refractivity contribution is -0.145. The van der Waals surface area contributed by atoms with E-state index in [2.05, 4.69) is 0 Å². The second-order valence-electron chi connectivity index (χ2n) is 6.41. The van der Waals surface area contributed by atoms with Gasteiger partial charge in [0, 0.05) is 16.7 Å². The minimum atomic E-state index is -1.19. The van der Waals surface area contributed by atoms with Crippen LogP contribution >= 0.6 is 35.6 Å². The zero-order valence-corrected chi connectivity index (χ0v) is 17.7. The van der Waals surface area contributed by atoms with Crippen LogP contribution in [-0.4, -0.2) is 26.2 Å². The van der Waals surface area contributed by atoms with Crippen LogP contribution in [0.5, 0.6) is 0 Å². The molecule has 1 aliphatic heterocycles. The van der Waals surface area contributed by atoms with E-state index in [9.17, 15) is 14.7 Å². The van der Waals surface area contributed by atoms with Crippen LogP contribution in [0.2, 0.25) is 5.02 Å². The summed E-state index contributed by atoms with van der Waals surface area (Å²) in [6.07, 6.45) is 1.57. The lowest BCUT2D eigenvalue weighted by Crippen LogP contribution is -2.37. The number of nitrogens with zero attached hydrogens (tertiary/aromatic N) is 1. The number of thioether (sulfide) groups is 1. The van der Waals surface area contributed by atoms with Crippen LogP contribution in [0.25, 0.3) is 17.4 Å². The van der Waals surface area contributed by atoms with E-state index in [0.29, 0.717) is 27.0 Å². The molecule has 1 saturated heterocycles. The van der Waals surface area contributed by atoms with Crippen molar-refractivity contribution in [2.45, 2.75) is 6.04 Å². The van der Waals surface area contributed by atoms with Crippen molar-refractivity contribution in [3.63, 3.8) is 0 Å². The molecule has 0 aliphatic carbocycles. The first kappa shape index (κ1) is 20.4. The lowest BCUT2D eigenvalue weighted by Gasteiger charge is -2.23. The number of thiocarbonyl (C=S) groups is 1. The smallest absolute Gasteiger partial charge is 0.331 e. The van der Waals surface area contributed by atoms with Gasteiger partial charge in [0.05, 0.1) is 4.91 Å². The highest BCUT2D eigenvalue weighted by Gasteiger charge is 2.41. The molecule has 3 aromatic rings. The summed E-state index contributed by atoms with van der Waals surface area (Å²) in [4.78, 5) is 26.3. The van der Waals surface area contributed by atoms with Gasteiger partial charge in [-0.05, 0) is 42.0 Å². The maximum Gasteiger partial charge on any atom is 0.331 e. The average molecular weight is 456 g/mol. The van der Waals surface area contributed by atoms with Crippen LogP contribution in [0.4, 0.5) is 0 Å². The van der Waals surface area contributed by atoms with Gasteiger partial charge in [-0.2, -0.15) is 0 Å². The van der Waals surface area contributed by atoms with E-state index >= 15 is 0 Å². The molecule has 30 heavy (non-hydrogen) atoms. The molecular formula is C22H14ClNO4S2. The first-order valence-electron chi connectivity index (χ1n) is 8.84. The van der Waals surface area contributed by atoms with Gasteiger partial charge in [0.15, 0.2) is 6.04 Å². The van der Waals surface area contributed by atoms with E-state index < -0.39 is 17.9 Å². The van der Waals surface area contributed by atoms with Gasteiger partial charge in [-0.3, -0.25) is 9.69 Å². The summed E-state index contributed by atoms with van der Waals surface area (Å²) in [6.45, 7) is 0. The summed E-state index contributed by atoms with van der Waals surface area (Å²) in [7, 11) is 0. The Bertz CT molecular complexity index is 1160. The highest BCUT2D eigenvalue weighted by molar-refractivity contribution is 8.26. The van der Waals surface area contributed by atoms with E-state index in [1.165, 1.54) is 0 Å².